The Balaban J connectivity index is 1.40. The van der Waals surface area contributed by atoms with Crippen LogP contribution < -0.4 is 14.8 Å². The molecule has 4 aromatic rings. The minimum Gasteiger partial charge on any atom is -0.454 e. The fraction of sp³-hybridized carbons (Fsp3) is 0.120. The van der Waals surface area contributed by atoms with Crippen molar-refractivity contribution >= 4 is 39.1 Å². The summed E-state index contributed by atoms with van der Waals surface area (Å²) >= 11 is 0. The van der Waals surface area contributed by atoms with E-state index in [2.05, 4.69) is 5.32 Å². The molecule has 0 saturated carbocycles. The highest BCUT2D eigenvalue weighted by molar-refractivity contribution is 6.17. The van der Waals surface area contributed by atoms with Gasteiger partial charge in [-0.3, -0.25) is 4.79 Å². The van der Waals surface area contributed by atoms with E-state index >= 15 is 0 Å². The summed E-state index contributed by atoms with van der Waals surface area (Å²) in [5.41, 5.74) is 0.990. The van der Waals surface area contributed by atoms with Gasteiger partial charge >= 0.3 is 5.97 Å². The molecule has 0 bridgehead atoms. The molecule has 4 aromatic carbocycles. The summed E-state index contributed by atoms with van der Waals surface area (Å²) in [6, 6.07) is 22.4. The van der Waals surface area contributed by atoms with E-state index < -0.39 is 18.0 Å². The van der Waals surface area contributed by atoms with Crippen LogP contribution in [0, 0.1) is 0 Å². The van der Waals surface area contributed by atoms with Crippen LogP contribution >= 0.6 is 0 Å². The first kappa shape index (κ1) is 18.9. The number of carbonyl (C=O) groups excluding carboxylic acids is 2. The Labute approximate surface area is 178 Å². The van der Waals surface area contributed by atoms with Gasteiger partial charge in [0, 0.05) is 11.8 Å². The van der Waals surface area contributed by atoms with Crippen LogP contribution in [0.25, 0.3) is 21.5 Å². The lowest BCUT2D eigenvalue weighted by Gasteiger charge is -2.16. The van der Waals surface area contributed by atoms with E-state index in [0.29, 0.717) is 22.7 Å². The minimum atomic E-state index is -0.990. The van der Waals surface area contributed by atoms with E-state index in [0.717, 1.165) is 21.5 Å². The van der Waals surface area contributed by atoms with Crippen LogP contribution in [-0.4, -0.2) is 24.8 Å². The largest absolute Gasteiger partial charge is 0.454 e. The summed E-state index contributed by atoms with van der Waals surface area (Å²) in [5, 5.41) is 6.20. The van der Waals surface area contributed by atoms with Crippen LogP contribution in [0.5, 0.6) is 11.5 Å². The number of carbonyl (C=O) groups is 2. The second-order valence-electron chi connectivity index (χ2n) is 7.30. The van der Waals surface area contributed by atoms with E-state index in [4.69, 9.17) is 14.2 Å². The maximum atomic E-state index is 13.2. The number of amides is 1. The highest BCUT2D eigenvalue weighted by atomic mass is 16.7. The van der Waals surface area contributed by atoms with E-state index in [1.165, 1.54) is 0 Å². The average Bonchev–Trinajstić information content (AvgIpc) is 3.25. The number of fused-ring (bicyclic) bond motifs is 3. The van der Waals surface area contributed by atoms with Crippen molar-refractivity contribution in [2.75, 3.05) is 12.1 Å². The molecule has 6 nitrogen and oxygen atoms in total. The van der Waals surface area contributed by atoms with E-state index in [-0.39, 0.29) is 6.79 Å². The van der Waals surface area contributed by atoms with Gasteiger partial charge in [-0.2, -0.15) is 0 Å². The topological polar surface area (TPSA) is 73.9 Å². The van der Waals surface area contributed by atoms with Crippen LogP contribution in [0.3, 0.4) is 0 Å². The van der Waals surface area contributed by atoms with Gasteiger partial charge in [-0.05, 0) is 46.7 Å². The van der Waals surface area contributed by atoms with Crippen LogP contribution in [0.1, 0.15) is 17.3 Å². The van der Waals surface area contributed by atoms with Crippen LogP contribution in [0.4, 0.5) is 5.69 Å². The molecule has 0 radical (unpaired) electrons. The van der Waals surface area contributed by atoms with Gasteiger partial charge < -0.3 is 19.5 Å². The standard InChI is InChI=1S/C25H19NO5/c1-15(24(27)26-18-10-11-21-22(13-18)30-14-29-21)31-25(28)23-19-8-4-2-6-16(19)12-17-7-3-5-9-20(17)23/h2-13,15H,14H2,1H3,(H,26,27)/t15-/m0/s1. The van der Waals surface area contributed by atoms with E-state index in [1.807, 2.05) is 54.6 Å². The summed E-state index contributed by atoms with van der Waals surface area (Å²) in [5.74, 6) is 0.211. The van der Waals surface area contributed by atoms with Gasteiger partial charge in [0.05, 0.1) is 5.56 Å². The summed E-state index contributed by atoms with van der Waals surface area (Å²) in [6.07, 6.45) is -0.990. The lowest BCUT2D eigenvalue weighted by Crippen LogP contribution is -2.30. The van der Waals surface area contributed by atoms with Crippen molar-refractivity contribution < 1.29 is 23.8 Å². The Kier molecular flexibility index (Phi) is 4.67. The van der Waals surface area contributed by atoms with Crippen LogP contribution in [0.15, 0.2) is 72.8 Å². The molecule has 0 aliphatic carbocycles. The maximum Gasteiger partial charge on any atom is 0.340 e. The number of nitrogens with one attached hydrogen (secondary N) is 1. The van der Waals surface area contributed by atoms with Crippen molar-refractivity contribution in [3.63, 3.8) is 0 Å². The molecule has 0 spiro atoms. The van der Waals surface area contributed by atoms with Crippen LogP contribution in [0.2, 0.25) is 0 Å². The zero-order valence-electron chi connectivity index (χ0n) is 16.8. The van der Waals surface area contributed by atoms with Gasteiger partial charge in [0.1, 0.15) is 0 Å². The molecule has 0 unspecified atom stereocenters. The van der Waals surface area contributed by atoms with Crippen LogP contribution in [-0.2, 0) is 9.53 Å². The fourth-order valence-corrected chi connectivity index (χ4v) is 3.72. The van der Waals surface area contributed by atoms with Gasteiger partial charge in [-0.1, -0.05) is 48.5 Å². The van der Waals surface area contributed by atoms with E-state index in [1.54, 1.807) is 25.1 Å². The van der Waals surface area contributed by atoms with Gasteiger partial charge in [0.15, 0.2) is 17.6 Å². The molecule has 1 aliphatic rings. The molecule has 0 aromatic heterocycles. The average molecular weight is 413 g/mol. The maximum absolute atomic E-state index is 13.2. The van der Waals surface area contributed by atoms with Gasteiger partial charge in [-0.25, -0.2) is 4.79 Å². The van der Waals surface area contributed by atoms with Crippen molar-refractivity contribution in [1.29, 1.82) is 0 Å². The second-order valence-corrected chi connectivity index (χ2v) is 7.30. The highest BCUT2D eigenvalue weighted by Crippen LogP contribution is 2.34. The molecule has 154 valence electrons. The molecule has 1 amide bonds. The van der Waals surface area contributed by atoms with Crippen molar-refractivity contribution in [3.8, 4) is 11.5 Å². The lowest BCUT2D eigenvalue weighted by molar-refractivity contribution is -0.123. The second kappa shape index (κ2) is 7.65. The first-order valence-electron chi connectivity index (χ1n) is 9.92. The number of hydrogen-bond acceptors (Lipinski definition) is 5. The third kappa shape index (κ3) is 3.53. The van der Waals surface area contributed by atoms with Crippen molar-refractivity contribution in [2.24, 2.45) is 0 Å². The molecule has 31 heavy (non-hydrogen) atoms. The smallest absolute Gasteiger partial charge is 0.340 e. The van der Waals surface area contributed by atoms with E-state index in [9.17, 15) is 9.59 Å². The number of rotatable bonds is 4. The molecule has 1 aliphatic heterocycles. The SMILES string of the molecule is C[C@H](OC(=O)c1c2ccccc2cc2ccccc12)C(=O)Nc1ccc2c(c1)OCO2. The van der Waals surface area contributed by atoms with Crippen molar-refractivity contribution in [2.45, 2.75) is 13.0 Å². The number of ether oxygens (including phenoxy) is 3. The molecule has 6 heteroatoms. The monoisotopic (exact) mass is 413 g/mol. The fourth-order valence-electron chi connectivity index (χ4n) is 3.72. The van der Waals surface area contributed by atoms with Gasteiger partial charge in [0.25, 0.3) is 5.91 Å². The zero-order valence-corrected chi connectivity index (χ0v) is 16.8. The predicted molar refractivity (Wildman–Crippen MR) is 118 cm³/mol. The molecule has 1 N–H and O–H groups in total. The first-order chi connectivity index (χ1) is 15.1. The summed E-state index contributed by atoms with van der Waals surface area (Å²) in [6.45, 7) is 1.70. The number of esters is 1. The normalized spacial score (nSPS) is 13.2. The quantitative estimate of drug-likeness (QED) is 0.380. The Bertz CT molecular complexity index is 1280. The summed E-state index contributed by atoms with van der Waals surface area (Å²) < 4.78 is 16.2. The van der Waals surface area contributed by atoms with Crippen molar-refractivity contribution in [1.82, 2.24) is 0 Å². The Morgan fingerprint density at radius 2 is 1.52 bits per heavy atom. The third-order valence-electron chi connectivity index (χ3n) is 5.27. The molecule has 0 fully saturated rings. The number of anilines is 1. The third-order valence-corrected chi connectivity index (χ3v) is 5.27. The Hall–Kier alpha value is -4.06. The zero-order chi connectivity index (χ0) is 21.4. The molecule has 0 saturated heterocycles. The van der Waals surface area contributed by atoms with Gasteiger partial charge in [0.2, 0.25) is 6.79 Å². The van der Waals surface area contributed by atoms with Crippen molar-refractivity contribution in [3.05, 3.63) is 78.4 Å². The Morgan fingerprint density at radius 3 is 2.23 bits per heavy atom. The highest BCUT2D eigenvalue weighted by Gasteiger charge is 2.23. The molecule has 1 atom stereocenters. The predicted octanol–water partition coefficient (Wildman–Crippen LogP) is 4.91. The number of hydrogen-bond donors (Lipinski definition) is 1. The molecule has 1 heterocycles. The van der Waals surface area contributed by atoms with Gasteiger partial charge in [-0.15, -0.1) is 0 Å². The molecular weight excluding hydrogens is 394 g/mol. The minimum absolute atomic E-state index is 0.153. The number of benzene rings is 4. The first-order valence-corrected chi connectivity index (χ1v) is 9.92. The lowest BCUT2D eigenvalue weighted by atomic mass is 9.97. The Morgan fingerprint density at radius 1 is 0.871 bits per heavy atom. The summed E-state index contributed by atoms with van der Waals surface area (Å²) in [4.78, 5) is 25.8. The molecular formula is C25H19NO5. The molecule has 5 rings (SSSR count). The summed E-state index contributed by atoms with van der Waals surface area (Å²) in [7, 11) is 0.